The zero-order chi connectivity index (χ0) is 14.8. The molecule has 0 spiro atoms. The molecule has 0 saturated carbocycles. The molecule has 0 unspecified atom stereocenters. The van der Waals surface area contributed by atoms with E-state index in [-0.39, 0.29) is 16.7 Å². The van der Waals surface area contributed by atoms with Crippen LogP contribution in [0.5, 0.6) is 5.75 Å². The fourth-order valence-electron chi connectivity index (χ4n) is 1.79. The third-order valence-corrected chi connectivity index (χ3v) is 2.64. The number of hydrogen-bond donors (Lipinski definition) is 0. The lowest BCUT2D eigenvalue weighted by Crippen LogP contribution is -2.10. The van der Waals surface area contributed by atoms with Crippen molar-refractivity contribution in [3.05, 3.63) is 29.7 Å². The van der Waals surface area contributed by atoms with Gasteiger partial charge in [-0.25, -0.2) is 4.39 Å². The van der Waals surface area contributed by atoms with Gasteiger partial charge in [-0.15, -0.1) is 0 Å². The zero-order valence-corrected chi connectivity index (χ0v) is 11.1. The first-order valence-corrected chi connectivity index (χ1v) is 5.75. The highest BCUT2D eigenvalue weighted by Crippen LogP contribution is 2.35. The largest absolute Gasteiger partial charge is 0.494 e. The third kappa shape index (κ3) is 2.67. The molecule has 1 aromatic heterocycles. The Kier molecular flexibility index (Phi) is 4.44. The van der Waals surface area contributed by atoms with Gasteiger partial charge in [0.25, 0.3) is 0 Å². The summed E-state index contributed by atoms with van der Waals surface area (Å²) < 4.78 is 57.3. The van der Waals surface area contributed by atoms with Crippen molar-refractivity contribution in [3.63, 3.8) is 0 Å². The minimum atomic E-state index is -4.51. The number of methoxy groups -OCH3 is 1. The molecule has 2 aromatic rings. The van der Waals surface area contributed by atoms with Gasteiger partial charge in [0.2, 0.25) is 0 Å². The summed E-state index contributed by atoms with van der Waals surface area (Å²) in [7, 11) is 2.51. The Hall–Kier alpha value is -1.72. The Balaban J connectivity index is 0.000000861. The minimum absolute atomic E-state index is 0.0724. The Morgan fingerprint density at radius 3 is 2.21 bits per heavy atom. The van der Waals surface area contributed by atoms with Crippen molar-refractivity contribution in [1.82, 2.24) is 4.57 Å². The molecule has 0 radical (unpaired) electrons. The Bertz CT molecular complexity index is 572. The molecule has 0 aliphatic rings. The lowest BCUT2D eigenvalue weighted by atomic mass is 10.2. The lowest BCUT2D eigenvalue weighted by molar-refractivity contribution is -0.142. The fraction of sp³-hybridized carbons (Fsp3) is 0.385. The van der Waals surface area contributed by atoms with E-state index in [1.54, 1.807) is 0 Å². The van der Waals surface area contributed by atoms with Gasteiger partial charge in [0.05, 0.1) is 12.6 Å². The van der Waals surface area contributed by atoms with E-state index in [0.29, 0.717) is 0 Å². The second kappa shape index (κ2) is 5.50. The van der Waals surface area contributed by atoms with Crippen LogP contribution in [0.1, 0.15) is 19.5 Å². The lowest BCUT2D eigenvalue weighted by Gasteiger charge is -2.07. The highest BCUT2D eigenvalue weighted by molar-refractivity contribution is 5.83. The van der Waals surface area contributed by atoms with Crippen LogP contribution in [0.4, 0.5) is 17.6 Å². The average molecular weight is 277 g/mol. The summed E-state index contributed by atoms with van der Waals surface area (Å²) >= 11 is 0. The minimum Gasteiger partial charge on any atom is -0.494 e. The Morgan fingerprint density at radius 1 is 1.16 bits per heavy atom. The Morgan fingerprint density at radius 2 is 1.74 bits per heavy atom. The van der Waals surface area contributed by atoms with Crippen molar-refractivity contribution in [2.45, 2.75) is 20.0 Å². The predicted molar refractivity (Wildman–Crippen MR) is 65.8 cm³/mol. The molecule has 1 aromatic carbocycles. The van der Waals surface area contributed by atoms with Gasteiger partial charge in [-0.05, 0) is 18.2 Å². The highest BCUT2D eigenvalue weighted by atomic mass is 19.4. The first kappa shape index (κ1) is 15.3. The van der Waals surface area contributed by atoms with Gasteiger partial charge >= 0.3 is 6.18 Å². The van der Waals surface area contributed by atoms with Crippen LogP contribution >= 0.6 is 0 Å². The normalized spacial score (nSPS) is 11.2. The maximum Gasteiger partial charge on any atom is 0.431 e. The number of fused-ring (bicyclic) bond motifs is 1. The maximum absolute atomic E-state index is 13.7. The summed E-state index contributed by atoms with van der Waals surface area (Å²) in [6.07, 6.45) is -4.51. The molecule has 0 saturated heterocycles. The molecule has 1 heterocycles. The number of aromatic nitrogens is 1. The van der Waals surface area contributed by atoms with Crippen molar-refractivity contribution < 1.29 is 22.3 Å². The van der Waals surface area contributed by atoms with Crippen LogP contribution < -0.4 is 4.74 Å². The standard InChI is InChI=1S/C11H9F4NO.C2H6/c1-16-7-3-4-8(17-2)10(12)6(7)5-9(16)11(13,14)15;1-2/h3-5H,1-2H3;1-2H3. The second-order valence-corrected chi connectivity index (χ2v) is 3.60. The Labute approximate surface area is 108 Å². The fourth-order valence-corrected chi connectivity index (χ4v) is 1.79. The van der Waals surface area contributed by atoms with E-state index in [9.17, 15) is 17.6 Å². The molecule has 0 aliphatic carbocycles. The molecular formula is C13H15F4NO. The van der Waals surface area contributed by atoms with Crippen LogP contribution in [0.3, 0.4) is 0 Å². The number of halogens is 4. The summed E-state index contributed by atoms with van der Waals surface area (Å²) in [5.41, 5.74) is -0.713. The zero-order valence-electron chi connectivity index (χ0n) is 11.1. The number of aryl methyl sites for hydroxylation is 1. The van der Waals surface area contributed by atoms with Crippen molar-refractivity contribution >= 4 is 10.9 Å². The van der Waals surface area contributed by atoms with Gasteiger partial charge in [0.15, 0.2) is 11.6 Å². The number of nitrogens with zero attached hydrogens (tertiary/aromatic N) is 1. The quantitative estimate of drug-likeness (QED) is 0.706. The van der Waals surface area contributed by atoms with Crippen LogP contribution in [0.15, 0.2) is 18.2 Å². The van der Waals surface area contributed by atoms with Crippen LogP contribution in [0, 0.1) is 5.82 Å². The maximum atomic E-state index is 13.7. The molecule has 2 rings (SSSR count). The van der Waals surface area contributed by atoms with Crippen molar-refractivity contribution in [2.75, 3.05) is 7.11 Å². The topological polar surface area (TPSA) is 14.2 Å². The van der Waals surface area contributed by atoms with E-state index >= 15 is 0 Å². The van der Waals surface area contributed by atoms with E-state index in [1.165, 1.54) is 26.3 Å². The molecule has 0 aliphatic heterocycles. The van der Waals surface area contributed by atoms with E-state index < -0.39 is 17.7 Å². The molecule has 0 bridgehead atoms. The first-order valence-electron chi connectivity index (χ1n) is 5.75. The van der Waals surface area contributed by atoms with Gasteiger partial charge < -0.3 is 9.30 Å². The molecule has 6 heteroatoms. The number of ether oxygens (including phenoxy) is 1. The average Bonchev–Trinajstić information content (AvgIpc) is 2.71. The summed E-state index contributed by atoms with van der Waals surface area (Å²) in [6, 6.07) is 3.48. The second-order valence-electron chi connectivity index (χ2n) is 3.60. The predicted octanol–water partition coefficient (Wildman–Crippen LogP) is 4.37. The number of benzene rings is 1. The monoisotopic (exact) mass is 277 g/mol. The summed E-state index contributed by atoms with van der Waals surface area (Å²) in [5, 5.41) is -0.0980. The molecule has 0 fully saturated rings. The molecule has 106 valence electrons. The summed E-state index contributed by atoms with van der Waals surface area (Å²) in [4.78, 5) is 0. The SMILES string of the molecule is CC.COc1ccc2c(cc(C(F)(F)F)n2C)c1F. The summed E-state index contributed by atoms with van der Waals surface area (Å²) in [6.45, 7) is 4.00. The smallest absolute Gasteiger partial charge is 0.431 e. The van der Waals surface area contributed by atoms with Gasteiger partial charge in [-0.1, -0.05) is 13.8 Å². The van der Waals surface area contributed by atoms with E-state index in [2.05, 4.69) is 0 Å². The van der Waals surface area contributed by atoms with E-state index in [0.717, 1.165) is 10.6 Å². The van der Waals surface area contributed by atoms with Gasteiger partial charge in [-0.2, -0.15) is 13.2 Å². The van der Waals surface area contributed by atoms with Crippen LogP contribution in [-0.4, -0.2) is 11.7 Å². The van der Waals surface area contributed by atoms with Gasteiger partial charge in [0.1, 0.15) is 5.69 Å². The third-order valence-electron chi connectivity index (χ3n) is 2.64. The van der Waals surface area contributed by atoms with E-state index in [4.69, 9.17) is 4.74 Å². The van der Waals surface area contributed by atoms with Crippen molar-refractivity contribution in [1.29, 1.82) is 0 Å². The van der Waals surface area contributed by atoms with Crippen LogP contribution in [0.25, 0.3) is 10.9 Å². The number of hydrogen-bond acceptors (Lipinski definition) is 1. The van der Waals surface area contributed by atoms with Crippen LogP contribution in [0.2, 0.25) is 0 Å². The highest BCUT2D eigenvalue weighted by Gasteiger charge is 2.35. The van der Waals surface area contributed by atoms with Crippen molar-refractivity contribution in [3.8, 4) is 5.75 Å². The molecular weight excluding hydrogens is 262 g/mol. The van der Waals surface area contributed by atoms with Gasteiger partial charge in [0, 0.05) is 12.4 Å². The van der Waals surface area contributed by atoms with Gasteiger partial charge in [-0.3, -0.25) is 0 Å². The molecule has 2 nitrogen and oxygen atoms in total. The summed E-state index contributed by atoms with van der Waals surface area (Å²) in [5.74, 6) is -0.854. The van der Waals surface area contributed by atoms with Crippen molar-refractivity contribution in [2.24, 2.45) is 7.05 Å². The molecule has 0 atom stereocenters. The molecule has 19 heavy (non-hydrogen) atoms. The molecule has 0 amide bonds. The van der Waals surface area contributed by atoms with Crippen LogP contribution in [-0.2, 0) is 13.2 Å². The molecule has 0 N–H and O–H groups in total. The van der Waals surface area contributed by atoms with E-state index in [1.807, 2.05) is 13.8 Å². The first-order chi connectivity index (χ1) is 8.86. The number of alkyl halides is 3. The number of rotatable bonds is 1.